The number of hydrogen-bond acceptors (Lipinski definition) is 7. The van der Waals surface area contributed by atoms with Gasteiger partial charge in [0.1, 0.15) is 12.2 Å². The van der Waals surface area contributed by atoms with Crippen molar-refractivity contribution in [2.45, 2.75) is 69.7 Å². The Morgan fingerprint density at radius 3 is 2.11 bits per heavy atom. The molecule has 0 amide bonds. The lowest BCUT2D eigenvalue weighted by molar-refractivity contribution is -0.297. The molecule has 0 aromatic carbocycles. The maximum Gasteiger partial charge on any atom is 0.225 e. The molecule has 4 atom stereocenters. The standard InChI is InChI=1S/C12H20O7/c1-10(2)15-5-6(17-10)7-12(13,14)8-9(16-7)19-11(3,4)18-8/h6-9,13-14H,5H2,1-4H3. The van der Waals surface area contributed by atoms with E-state index in [0.717, 1.165) is 0 Å². The zero-order valence-electron chi connectivity index (χ0n) is 11.5. The highest BCUT2D eigenvalue weighted by molar-refractivity contribution is 5.02. The smallest absolute Gasteiger partial charge is 0.225 e. The van der Waals surface area contributed by atoms with Crippen molar-refractivity contribution < 1.29 is 33.9 Å². The average molecular weight is 276 g/mol. The lowest BCUT2D eigenvalue weighted by atomic mass is 10.0. The van der Waals surface area contributed by atoms with E-state index in [4.69, 9.17) is 23.7 Å². The molecule has 0 bridgehead atoms. The fraction of sp³-hybridized carbons (Fsp3) is 1.00. The summed E-state index contributed by atoms with van der Waals surface area (Å²) in [6.45, 7) is 7.13. The number of rotatable bonds is 1. The average Bonchev–Trinajstić information content (AvgIpc) is 2.80. The molecule has 3 aliphatic rings. The van der Waals surface area contributed by atoms with Crippen LogP contribution in [0, 0.1) is 0 Å². The molecule has 110 valence electrons. The third-order valence-corrected chi connectivity index (χ3v) is 3.54. The zero-order chi connectivity index (χ0) is 14.1. The van der Waals surface area contributed by atoms with Crippen LogP contribution < -0.4 is 0 Å². The van der Waals surface area contributed by atoms with Crippen molar-refractivity contribution in [3.05, 3.63) is 0 Å². The normalized spacial score (nSPS) is 46.4. The van der Waals surface area contributed by atoms with E-state index in [1.807, 2.05) is 0 Å². The second-order valence-electron chi connectivity index (χ2n) is 6.13. The predicted octanol–water partition coefficient (Wildman–Crippen LogP) is -0.305. The van der Waals surface area contributed by atoms with Crippen molar-refractivity contribution in [2.75, 3.05) is 6.61 Å². The summed E-state index contributed by atoms with van der Waals surface area (Å²) in [4.78, 5) is 0. The first-order chi connectivity index (χ1) is 8.61. The van der Waals surface area contributed by atoms with Crippen molar-refractivity contribution in [3.8, 4) is 0 Å². The molecule has 3 saturated heterocycles. The summed E-state index contributed by atoms with van der Waals surface area (Å²) in [5.74, 6) is -3.83. The van der Waals surface area contributed by atoms with Crippen molar-refractivity contribution in [1.82, 2.24) is 0 Å². The first-order valence-electron chi connectivity index (χ1n) is 6.38. The minimum atomic E-state index is -2.17. The van der Waals surface area contributed by atoms with E-state index in [2.05, 4.69) is 0 Å². The molecule has 3 rings (SSSR count). The van der Waals surface area contributed by atoms with E-state index in [-0.39, 0.29) is 6.61 Å². The summed E-state index contributed by atoms with van der Waals surface area (Å²) < 4.78 is 27.6. The van der Waals surface area contributed by atoms with E-state index in [0.29, 0.717) is 0 Å². The Kier molecular flexibility index (Phi) is 2.80. The molecule has 3 aliphatic heterocycles. The molecule has 0 saturated carbocycles. The highest BCUT2D eigenvalue weighted by Gasteiger charge is 2.65. The fourth-order valence-electron chi connectivity index (χ4n) is 2.75. The highest BCUT2D eigenvalue weighted by atomic mass is 16.9. The molecular weight excluding hydrogens is 256 g/mol. The maximum absolute atomic E-state index is 10.3. The third kappa shape index (κ3) is 2.19. The second-order valence-corrected chi connectivity index (χ2v) is 6.13. The van der Waals surface area contributed by atoms with Crippen LogP contribution in [0.1, 0.15) is 27.7 Å². The van der Waals surface area contributed by atoms with Crippen LogP contribution in [-0.2, 0) is 23.7 Å². The van der Waals surface area contributed by atoms with Crippen LogP contribution in [0.25, 0.3) is 0 Å². The van der Waals surface area contributed by atoms with Crippen LogP contribution in [0.2, 0.25) is 0 Å². The Morgan fingerprint density at radius 2 is 1.58 bits per heavy atom. The molecule has 3 fully saturated rings. The summed E-state index contributed by atoms with van der Waals surface area (Å²) in [6.07, 6.45) is -3.33. The van der Waals surface area contributed by atoms with Gasteiger partial charge in [-0.05, 0) is 27.7 Å². The molecule has 7 heteroatoms. The Hall–Kier alpha value is -0.280. The molecule has 0 aliphatic carbocycles. The molecule has 2 N–H and O–H groups in total. The van der Waals surface area contributed by atoms with Crippen LogP contribution in [-0.4, -0.2) is 58.8 Å². The van der Waals surface area contributed by atoms with Crippen molar-refractivity contribution in [2.24, 2.45) is 0 Å². The quantitative estimate of drug-likeness (QED) is 0.635. The molecule has 7 nitrogen and oxygen atoms in total. The van der Waals surface area contributed by atoms with Crippen molar-refractivity contribution in [3.63, 3.8) is 0 Å². The van der Waals surface area contributed by atoms with Gasteiger partial charge in [0, 0.05) is 0 Å². The number of fused-ring (bicyclic) bond motifs is 1. The lowest BCUT2D eigenvalue weighted by Crippen LogP contribution is -2.54. The Bertz CT molecular complexity index is 378. The van der Waals surface area contributed by atoms with Gasteiger partial charge in [0.05, 0.1) is 6.61 Å². The van der Waals surface area contributed by atoms with Gasteiger partial charge < -0.3 is 33.9 Å². The van der Waals surface area contributed by atoms with E-state index in [1.165, 1.54) is 0 Å². The summed E-state index contributed by atoms with van der Waals surface area (Å²) in [7, 11) is 0. The molecule has 0 aromatic rings. The van der Waals surface area contributed by atoms with E-state index >= 15 is 0 Å². The summed E-state index contributed by atoms with van der Waals surface area (Å²) in [6, 6.07) is 0. The van der Waals surface area contributed by atoms with Crippen LogP contribution in [0.3, 0.4) is 0 Å². The lowest BCUT2D eigenvalue weighted by Gasteiger charge is -2.31. The fourth-order valence-corrected chi connectivity index (χ4v) is 2.75. The van der Waals surface area contributed by atoms with Gasteiger partial charge in [0.25, 0.3) is 0 Å². The van der Waals surface area contributed by atoms with E-state index in [9.17, 15) is 10.2 Å². The number of ether oxygens (including phenoxy) is 5. The number of aliphatic hydroxyl groups is 2. The minimum absolute atomic E-state index is 0.226. The number of hydrogen-bond donors (Lipinski definition) is 2. The van der Waals surface area contributed by atoms with Crippen LogP contribution in [0.15, 0.2) is 0 Å². The Labute approximate surface area is 111 Å². The van der Waals surface area contributed by atoms with E-state index in [1.54, 1.807) is 27.7 Å². The predicted molar refractivity (Wildman–Crippen MR) is 60.8 cm³/mol. The molecule has 3 heterocycles. The Balaban J connectivity index is 1.77. The highest BCUT2D eigenvalue weighted by Crippen LogP contribution is 2.44. The Morgan fingerprint density at radius 1 is 0.895 bits per heavy atom. The molecular formula is C12H20O7. The zero-order valence-corrected chi connectivity index (χ0v) is 11.5. The summed E-state index contributed by atoms with van der Waals surface area (Å²) in [5, 5.41) is 20.6. The third-order valence-electron chi connectivity index (χ3n) is 3.54. The summed E-state index contributed by atoms with van der Waals surface area (Å²) in [5.41, 5.74) is 0. The monoisotopic (exact) mass is 276 g/mol. The van der Waals surface area contributed by atoms with E-state index < -0.39 is 42.0 Å². The van der Waals surface area contributed by atoms with Crippen molar-refractivity contribution in [1.29, 1.82) is 0 Å². The molecule has 19 heavy (non-hydrogen) atoms. The first-order valence-corrected chi connectivity index (χ1v) is 6.38. The molecule has 0 aromatic heterocycles. The largest absolute Gasteiger partial charge is 0.361 e. The second kappa shape index (κ2) is 3.88. The van der Waals surface area contributed by atoms with Crippen LogP contribution in [0.4, 0.5) is 0 Å². The summed E-state index contributed by atoms with van der Waals surface area (Å²) >= 11 is 0. The van der Waals surface area contributed by atoms with Gasteiger partial charge in [-0.3, -0.25) is 0 Å². The molecule has 0 spiro atoms. The SMILES string of the molecule is CC1(C)OCC(C2OC3OC(C)(C)OC3C2(O)O)O1. The maximum atomic E-state index is 10.3. The van der Waals surface area contributed by atoms with Crippen molar-refractivity contribution >= 4 is 0 Å². The van der Waals surface area contributed by atoms with Crippen LogP contribution in [0.5, 0.6) is 0 Å². The van der Waals surface area contributed by atoms with Gasteiger partial charge in [-0.1, -0.05) is 0 Å². The van der Waals surface area contributed by atoms with Gasteiger partial charge in [-0.2, -0.15) is 0 Å². The van der Waals surface area contributed by atoms with Gasteiger partial charge in [-0.15, -0.1) is 0 Å². The minimum Gasteiger partial charge on any atom is -0.361 e. The first kappa shape index (κ1) is 13.7. The van der Waals surface area contributed by atoms with Gasteiger partial charge in [0.2, 0.25) is 5.79 Å². The topological polar surface area (TPSA) is 86.6 Å². The molecule has 0 radical (unpaired) electrons. The van der Waals surface area contributed by atoms with Crippen LogP contribution >= 0.6 is 0 Å². The van der Waals surface area contributed by atoms with Gasteiger partial charge >= 0.3 is 0 Å². The van der Waals surface area contributed by atoms with Gasteiger partial charge in [0.15, 0.2) is 24.0 Å². The molecule has 4 unspecified atom stereocenters. The van der Waals surface area contributed by atoms with Gasteiger partial charge in [-0.25, -0.2) is 0 Å².